The van der Waals surface area contributed by atoms with Crippen LogP contribution in [-0.4, -0.2) is 27.4 Å². The first-order chi connectivity index (χ1) is 11.6. The van der Waals surface area contributed by atoms with E-state index in [0.717, 1.165) is 49.9 Å². The van der Waals surface area contributed by atoms with Gasteiger partial charge in [0, 0.05) is 0 Å². The molecular weight excluding hydrogens is 320 g/mol. The molecule has 4 nitrogen and oxygen atoms in total. The van der Waals surface area contributed by atoms with E-state index in [-0.39, 0.29) is 22.1 Å². The Morgan fingerprint density at radius 2 is 1.58 bits per heavy atom. The number of hydrazine groups is 1. The van der Waals surface area contributed by atoms with E-state index in [4.69, 9.17) is 0 Å². The molecule has 0 aromatic carbocycles. The zero-order valence-corrected chi connectivity index (χ0v) is 15.2. The highest BCUT2D eigenvalue weighted by Crippen LogP contribution is 2.60. The van der Waals surface area contributed by atoms with Gasteiger partial charge in [-0.1, -0.05) is 19.3 Å². The molecule has 1 spiro atoms. The molecule has 2 amide bonds. The Kier molecular flexibility index (Phi) is 3.49. The fraction of sp³-hybridized carbons (Fsp3) is 0.895. The van der Waals surface area contributed by atoms with Gasteiger partial charge in [0.15, 0.2) is 0 Å². The SMILES string of the molecule is O=C1CSC2(CCCCC2)N1NC(=O)C12CC3CC(CC(C3)C1)C2. The lowest BCUT2D eigenvalue weighted by Gasteiger charge is -2.56. The lowest BCUT2D eigenvalue weighted by atomic mass is 9.49. The van der Waals surface area contributed by atoms with E-state index < -0.39 is 0 Å². The van der Waals surface area contributed by atoms with Gasteiger partial charge in [0.1, 0.15) is 4.87 Å². The van der Waals surface area contributed by atoms with Crippen molar-refractivity contribution in [3.8, 4) is 0 Å². The minimum atomic E-state index is -0.169. The predicted molar refractivity (Wildman–Crippen MR) is 93.9 cm³/mol. The van der Waals surface area contributed by atoms with Gasteiger partial charge in [0.05, 0.1) is 11.2 Å². The van der Waals surface area contributed by atoms with Gasteiger partial charge in [-0.15, -0.1) is 11.8 Å². The number of hydrogen-bond acceptors (Lipinski definition) is 3. The van der Waals surface area contributed by atoms with Crippen LogP contribution in [0.5, 0.6) is 0 Å². The molecule has 4 bridgehead atoms. The Balaban J connectivity index is 1.37. The van der Waals surface area contributed by atoms with Crippen LogP contribution in [0.1, 0.15) is 70.6 Å². The monoisotopic (exact) mass is 348 g/mol. The predicted octanol–water partition coefficient (Wildman–Crippen LogP) is 3.47. The Morgan fingerprint density at radius 1 is 1.00 bits per heavy atom. The highest BCUT2D eigenvalue weighted by atomic mass is 32.2. The number of amides is 2. The lowest BCUT2D eigenvalue weighted by Crippen LogP contribution is -2.61. The Morgan fingerprint density at radius 3 is 2.17 bits per heavy atom. The summed E-state index contributed by atoms with van der Waals surface area (Å²) in [5.41, 5.74) is 3.00. The van der Waals surface area contributed by atoms with Crippen molar-refractivity contribution >= 4 is 23.6 Å². The summed E-state index contributed by atoms with van der Waals surface area (Å²) in [5, 5.41) is 1.78. The summed E-state index contributed by atoms with van der Waals surface area (Å²) in [5.74, 6) is 3.08. The smallest absolute Gasteiger partial charge is 0.252 e. The molecular formula is C19H28N2O2S. The molecule has 0 atom stereocenters. The number of rotatable bonds is 2. The van der Waals surface area contributed by atoms with Crippen LogP contribution < -0.4 is 5.43 Å². The Labute approximate surface area is 148 Å². The van der Waals surface area contributed by atoms with Crippen molar-refractivity contribution in [2.75, 3.05) is 5.75 Å². The van der Waals surface area contributed by atoms with Crippen molar-refractivity contribution in [3.05, 3.63) is 0 Å². The molecule has 1 N–H and O–H groups in total. The first-order valence-corrected chi connectivity index (χ1v) is 10.9. The van der Waals surface area contributed by atoms with Gasteiger partial charge in [0.2, 0.25) is 5.91 Å². The highest BCUT2D eigenvalue weighted by molar-refractivity contribution is 8.01. The normalized spacial score (nSPS) is 42.8. The number of thioether (sulfide) groups is 1. The van der Waals surface area contributed by atoms with E-state index in [1.807, 2.05) is 0 Å². The van der Waals surface area contributed by atoms with Crippen molar-refractivity contribution in [2.45, 2.75) is 75.5 Å². The fourth-order valence-electron chi connectivity index (χ4n) is 6.80. The molecule has 6 fully saturated rings. The van der Waals surface area contributed by atoms with Crippen molar-refractivity contribution in [1.82, 2.24) is 10.4 Å². The standard InChI is InChI=1S/C19H28N2O2S/c22-16-12-24-19(4-2-1-3-5-19)21(16)20-17(23)18-9-13-6-14(10-18)8-15(7-13)11-18/h13-15H,1-12H2,(H,20,23). The zero-order valence-electron chi connectivity index (χ0n) is 14.4. The second kappa shape index (κ2) is 5.39. The first-order valence-electron chi connectivity index (χ1n) is 9.87. The summed E-state index contributed by atoms with van der Waals surface area (Å²) in [6.07, 6.45) is 12.9. The van der Waals surface area contributed by atoms with E-state index in [9.17, 15) is 9.59 Å². The molecule has 5 aliphatic carbocycles. The Bertz CT molecular complexity index is 534. The van der Waals surface area contributed by atoms with Gasteiger partial charge >= 0.3 is 0 Å². The van der Waals surface area contributed by atoms with Crippen LogP contribution in [0.4, 0.5) is 0 Å². The molecule has 1 aliphatic heterocycles. The largest absolute Gasteiger partial charge is 0.273 e. The van der Waals surface area contributed by atoms with Crippen LogP contribution in [0.15, 0.2) is 0 Å². The fourth-order valence-corrected chi connectivity index (χ4v) is 8.17. The third-order valence-electron chi connectivity index (χ3n) is 7.49. The molecule has 132 valence electrons. The van der Waals surface area contributed by atoms with Crippen molar-refractivity contribution in [3.63, 3.8) is 0 Å². The number of nitrogens with one attached hydrogen (secondary N) is 1. The molecule has 5 saturated carbocycles. The zero-order chi connectivity index (χ0) is 16.4. The second-order valence-corrected chi connectivity index (χ2v) is 10.5. The quantitative estimate of drug-likeness (QED) is 0.831. The number of carbonyl (C=O) groups is 2. The molecule has 6 aliphatic rings. The summed E-state index contributed by atoms with van der Waals surface area (Å²) >= 11 is 1.76. The minimum absolute atomic E-state index is 0.111. The Hall–Kier alpha value is -0.710. The molecule has 1 heterocycles. The second-order valence-electron chi connectivity index (χ2n) is 9.16. The molecule has 24 heavy (non-hydrogen) atoms. The van der Waals surface area contributed by atoms with Crippen LogP contribution in [0.25, 0.3) is 0 Å². The molecule has 0 unspecified atom stereocenters. The van der Waals surface area contributed by atoms with Crippen LogP contribution in [0.2, 0.25) is 0 Å². The average molecular weight is 349 g/mol. The van der Waals surface area contributed by atoms with Crippen molar-refractivity contribution in [2.24, 2.45) is 23.2 Å². The van der Waals surface area contributed by atoms with E-state index >= 15 is 0 Å². The summed E-state index contributed by atoms with van der Waals surface area (Å²) in [4.78, 5) is 25.7. The molecule has 0 aromatic rings. The van der Waals surface area contributed by atoms with Crippen LogP contribution in [0.3, 0.4) is 0 Å². The molecule has 1 saturated heterocycles. The van der Waals surface area contributed by atoms with E-state index in [0.29, 0.717) is 5.75 Å². The average Bonchev–Trinajstić information content (AvgIpc) is 2.84. The van der Waals surface area contributed by atoms with Crippen molar-refractivity contribution in [1.29, 1.82) is 0 Å². The maximum atomic E-state index is 13.3. The molecule has 6 rings (SSSR count). The summed E-state index contributed by atoms with van der Waals surface area (Å²) in [6.45, 7) is 0. The van der Waals surface area contributed by atoms with Gasteiger partial charge in [-0.25, -0.2) is 5.01 Å². The van der Waals surface area contributed by atoms with Gasteiger partial charge in [0.25, 0.3) is 5.91 Å². The number of carbonyl (C=O) groups excluding carboxylic acids is 2. The third kappa shape index (κ3) is 2.26. The maximum absolute atomic E-state index is 13.3. The molecule has 0 aromatic heterocycles. The summed E-state index contributed by atoms with van der Waals surface area (Å²) < 4.78 is 0. The van der Waals surface area contributed by atoms with E-state index in [1.54, 1.807) is 16.8 Å². The van der Waals surface area contributed by atoms with Crippen LogP contribution in [0, 0.1) is 23.2 Å². The number of hydrogen-bond donors (Lipinski definition) is 1. The first kappa shape index (κ1) is 15.5. The minimum Gasteiger partial charge on any atom is -0.273 e. The van der Waals surface area contributed by atoms with Gasteiger partial charge in [-0.2, -0.15) is 0 Å². The third-order valence-corrected chi connectivity index (χ3v) is 9.01. The molecule has 0 radical (unpaired) electrons. The molecule has 5 heteroatoms. The van der Waals surface area contributed by atoms with Gasteiger partial charge in [-0.3, -0.25) is 15.0 Å². The van der Waals surface area contributed by atoms with E-state index in [2.05, 4.69) is 5.43 Å². The van der Waals surface area contributed by atoms with Crippen molar-refractivity contribution < 1.29 is 9.59 Å². The summed E-state index contributed by atoms with van der Waals surface area (Å²) in [6, 6.07) is 0. The van der Waals surface area contributed by atoms with Gasteiger partial charge in [-0.05, 0) is 69.1 Å². The number of nitrogens with zero attached hydrogens (tertiary/aromatic N) is 1. The van der Waals surface area contributed by atoms with E-state index in [1.165, 1.54) is 38.5 Å². The topological polar surface area (TPSA) is 49.4 Å². The van der Waals surface area contributed by atoms with Crippen LogP contribution in [-0.2, 0) is 9.59 Å². The van der Waals surface area contributed by atoms with Crippen LogP contribution >= 0.6 is 11.8 Å². The summed E-state index contributed by atoms with van der Waals surface area (Å²) in [7, 11) is 0. The highest BCUT2D eigenvalue weighted by Gasteiger charge is 2.56. The maximum Gasteiger partial charge on any atom is 0.252 e. The lowest BCUT2D eigenvalue weighted by molar-refractivity contribution is -0.158. The van der Waals surface area contributed by atoms with Gasteiger partial charge < -0.3 is 0 Å².